The van der Waals surface area contributed by atoms with Crippen molar-refractivity contribution in [1.82, 2.24) is 10.6 Å². The smallest absolute Gasteiger partial charge is 0.162 e. The Kier molecular flexibility index (Phi) is 2.70. The van der Waals surface area contributed by atoms with E-state index in [9.17, 15) is 9.90 Å². The van der Waals surface area contributed by atoms with Gasteiger partial charge in [0.25, 0.3) is 0 Å². The molecule has 2 aliphatic rings. The van der Waals surface area contributed by atoms with Crippen molar-refractivity contribution in [3.8, 4) is 5.75 Å². The van der Waals surface area contributed by atoms with Crippen LogP contribution in [0.25, 0.3) is 0 Å². The molecule has 1 aliphatic heterocycles. The number of aryl methyl sites for hydroxylation is 1. The van der Waals surface area contributed by atoms with Crippen molar-refractivity contribution in [2.45, 2.75) is 31.3 Å². The zero-order valence-electron chi connectivity index (χ0n) is 10.0. The van der Waals surface area contributed by atoms with Crippen LogP contribution in [-0.2, 0) is 11.2 Å². The first kappa shape index (κ1) is 11.1. The fourth-order valence-corrected chi connectivity index (χ4v) is 2.83. The third kappa shape index (κ3) is 1.94. The number of rotatable bonds is 3. The third-order valence-corrected chi connectivity index (χ3v) is 3.71. The van der Waals surface area contributed by atoms with Gasteiger partial charge in [0.05, 0.1) is 0 Å². The van der Waals surface area contributed by atoms with Crippen molar-refractivity contribution < 1.29 is 9.90 Å². The fourth-order valence-electron chi connectivity index (χ4n) is 2.83. The van der Waals surface area contributed by atoms with E-state index in [0.29, 0.717) is 11.7 Å². The molecule has 0 amide bonds. The molecule has 0 spiro atoms. The molecule has 4 heteroatoms. The molecule has 3 N–H and O–H groups in total. The van der Waals surface area contributed by atoms with Gasteiger partial charge in [-0.25, -0.2) is 0 Å². The van der Waals surface area contributed by atoms with E-state index < -0.39 is 0 Å². The van der Waals surface area contributed by atoms with Crippen molar-refractivity contribution in [3.05, 3.63) is 41.2 Å². The van der Waals surface area contributed by atoms with Gasteiger partial charge in [-0.2, -0.15) is 0 Å². The number of aldehydes is 1. The molecule has 0 aromatic heterocycles. The van der Waals surface area contributed by atoms with Gasteiger partial charge in [0, 0.05) is 11.9 Å². The number of hydrogen-bond donors (Lipinski definition) is 3. The average Bonchev–Trinajstić information content (AvgIpc) is 2.97. The lowest BCUT2D eigenvalue weighted by Gasteiger charge is -2.13. The molecular formula is C14H16N2O2. The highest BCUT2D eigenvalue weighted by atomic mass is 16.3. The zero-order valence-corrected chi connectivity index (χ0v) is 10.0. The highest BCUT2D eigenvalue weighted by molar-refractivity contribution is 5.58. The number of allylic oxidation sites excluding steroid dienone is 1. The predicted octanol–water partition coefficient (Wildman–Crippen LogP) is 1.37. The van der Waals surface area contributed by atoms with E-state index in [0.717, 1.165) is 31.2 Å². The Bertz CT molecular complexity index is 511. The second kappa shape index (κ2) is 4.37. The first-order valence-corrected chi connectivity index (χ1v) is 6.25. The molecule has 2 atom stereocenters. The first-order chi connectivity index (χ1) is 8.76. The van der Waals surface area contributed by atoms with Crippen LogP contribution < -0.4 is 10.6 Å². The van der Waals surface area contributed by atoms with Gasteiger partial charge in [0.2, 0.25) is 0 Å². The highest BCUT2D eigenvalue weighted by Gasteiger charge is 2.25. The third-order valence-electron chi connectivity index (χ3n) is 3.71. The van der Waals surface area contributed by atoms with E-state index in [-0.39, 0.29) is 6.17 Å². The minimum atomic E-state index is -0.277. The van der Waals surface area contributed by atoms with Crippen LogP contribution in [0, 0.1) is 0 Å². The Balaban J connectivity index is 1.72. The molecule has 3 rings (SSSR count). The molecule has 1 aromatic carbocycles. The van der Waals surface area contributed by atoms with Gasteiger partial charge in [-0.15, -0.1) is 0 Å². The molecule has 94 valence electrons. The minimum Gasteiger partial charge on any atom is -0.508 e. The summed E-state index contributed by atoms with van der Waals surface area (Å²) in [5, 5.41) is 15.6. The maximum atomic E-state index is 10.6. The number of nitrogens with one attached hydrogen (secondary N) is 2. The van der Waals surface area contributed by atoms with Crippen LogP contribution in [0.3, 0.4) is 0 Å². The lowest BCUT2D eigenvalue weighted by atomic mass is 9.96. The molecule has 2 unspecified atom stereocenters. The van der Waals surface area contributed by atoms with Crippen molar-refractivity contribution in [3.63, 3.8) is 0 Å². The number of phenols is 1. The normalized spacial score (nSPS) is 25.0. The number of fused-ring (bicyclic) bond motifs is 1. The molecule has 0 bridgehead atoms. The summed E-state index contributed by atoms with van der Waals surface area (Å²) in [6, 6.07) is 5.63. The highest BCUT2D eigenvalue weighted by Crippen LogP contribution is 2.38. The number of phenolic OH excluding ortho intramolecular Hbond substituents is 1. The Hall–Kier alpha value is -1.97. The lowest BCUT2D eigenvalue weighted by molar-refractivity contribution is -0.109. The second-order valence-corrected chi connectivity index (χ2v) is 4.92. The van der Waals surface area contributed by atoms with Crippen molar-refractivity contribution in [1.29, 1.82) is 0 Å². The van der Waals surface area contributed by atoms with Crippen molar-refractivity contribution >= 4 is 6.29 Å². The van der Waals surface area contributed by atoms with Gasteiger partial charge >= 0.3 is 0 Å². The summed E-state index contributed by atoms with van der Waals surface area (Å²) < 4.78 is 0. The maximum Gasteiger partial charge on any atom is 0.162 e. The number of aromatic hydroxyl groups is 1. The summed E-state index contributed by atoms with van der Waals surface area (Å²) >= 11 is 0. The van der Waals surface area contributed by atoms with Crippen LogP contribution in [0.15, 0.2) is 30.1 Å². The summed E-state index contributed by atoms with van der Waals surface area (Å²) in [4.78, 5) is 10.6. The van der Waals surface area contributed by atoms with Crippen LogP contribution >= 0.6 is 0 Å². The quantitative estimate of drug-likeness (QED) is 0.703. The van der Waals surface area contributed by atoms with Crippen LogP contribution in [0.1, 0.15) is 29.9 Å². The second-order valence-electron chi connectivity index (χ2n) is 4.92. The SMILES string of the molecule is O=CC1NC=C(CC2CCc3cc(O)ccc32)N1. The Morgan fingerprint density at radius 1 is 1.44 bits per heavy atom. The molecule has 1 aliphatic carbocycles. The standard InChI is InChI=1S/C14H16N2O2/c17-8-14-15-7-11(16-14)5-9-1-2-10-6-12(18)3-4-13(9)10/h3-4,6-9,14-16,18H,1-2,5H2. The maximum absolute atomic E-state index is 10.6. The van der Waals surface area contributed by atoms with E-state index in [1.165, 1.54) is 11.1 Å². The molecule has 18 heavy (non-hydrogen) atoms. The number of hydrogen-bond acceptors (Lipinski definition) is 4. The zero-order chi connectivity index (χ0) is 12.5. The molecule has 0 fully saturated rings. The van der Waals surface area contributed by atoms with Crippen LogP contribution in [0.2, 0.25) is 0 Å². The van der Waals surface area contributed by atoms with Crippen molar-refractivity contribution in [2.75, 3.05) is 0 Å². The summed E-state index contributed by atoms with van der Waals surface area (Å²) in [6.45, 7) is 0. The average molecular weight is 244 g/mol. The lowest BCUT2D eigenvalue weighted by Crippen LogP contribution is -2.33. The molecule has 1 aromatic rings. The van der Waals surface area contributed by atoms with Gasteiger partial charge in [0.1, 0.15) is 5.75 Å². The Morgan fingerprint density at radius 2 is 2.33 bits per heavy atom. The Labute approximate surface area is 106 Å². The van der Waals surface area contributed by atoms with E-state index in [1.54, 1.807) is 6.07 Å². The summed E-state index contributed by atoms with van der Waals surface area (Å²) in [5.74, 6) is 0.821. The number of benzene rings is 1. The van der Waals surface area contributed by atoms with Gasteiger partial charge < -0.3 is 15.7 Å². The van der Waals surface area contributed by atoms with Crippen LogP contribution in [-0.4, -0.2) is 17.6 Å². The summed E-state index contributed by atoms with van der Waals surface area (Å²) in [6.07, 6.45) is 5.51. The molecule has 0 radical (unpaired) electrons. The number of carbonyl (C=O) groups is 1. The van der Waals surface area contributed by atoms with Gasteiger partial charge in [-0.3, -0.25) is 4.79 Å². The molecular weight excluding hydrogens is 228 g/mol. The number of carbonyl (C=O) groups excluding carboxylic acids is 1. The monoisotopic (exact) mass is 244 g/mol. The summed E-state index contributed by atoms with van der Waals surface area (Å²) in [5.41, 5.74) is 3.65. The van der Waals surface area contributed by atoms with Crippen LogP contribution in [0.4, 0.5) is 0 Å². The van der Waals surface area contributed by atoms with E-state index in [4.69, 9.17) is 0 Å². The molecule has 1 heterocycles. The predicted molar refractivity (Wildman–Crippen MR) is 68.0 cm³/mol. The van der Waals surface area contributed by atoms with E-state index in [1.807, 2.05) is 18.3 Å². The minimum absolute atomic E-state index is 0.277. The van der Waals surface area contributed by atoms with Crippen LogP contribution in [0.5, 0.6) is 5.75 Å². The van der Waals surface area contributed by atoms with Gasteiger partial charge in [-0.05, 0) is 48.4 Å². The first-order valence-electron chi connectivity index (χ1n) is 6.25. The molecule has 0 saturated carbocycles. The topological polar surface area (TPSA) is 61.4 Å². The van der Waals surface area contributed by atoms with Crippen molar-refractivity contribution in [2.24, 2.45) is 0 Å². The largest absolute Gasteiger partial charge is 0.508 e. The van der Waals surface area contributed by atoms with Gasteiger partial charge in [0.15, 0.2) is 12.5 Å². The molecule has 4 nitrogen and oxygen atoms in total. The fraction of sp³-hybridized carbons (Fsp3) is 0.357. The Morgan fingerprint density at radius 3 is 3.11 bits per heavy atom. The molecule has 0 saturated heterocycles. The van der Waals surface area contributed by atoms with E-state index in [2.05, 4.69) is 10.6 Å². The van der Waals surface area contributed by atoms with E-state index >= 15 is 0 Å². The van der Waals surface area contributed by atoms with Gasteiger partial charge in [-0.1, -0.05) is 6.07 Å². The summed E-state index contributed by atoms with van der Waals surface area (Å²) in [7, 11) is 0.